The summed E-state index contributed by atoms with van der Waals surface area (Å²) in [6, 6.07) is 5.98. The Labute approximate surface area is 225 Å². The van der Waals surface area contributed by atoms with Crippen LogP contribution >= 0.6 is 11.6 Å². The zero-order chi connectivity index (χ0) is 26.4. The maximum Gasteiger partial charge on any atom is 0.242 e. The summed E-state index contributed by atoms with van der Waals surface area (Å²) >= 11 is 6.44. The molecule has 0 radical (unpaired) electrons. The molecule has 11 heteroatoms. The fourth-order valence-electron chi connectivity index (χ4n) is 6.72. The molecule has 0 atom stereocenters. The van der Waals surface area contributed by atoms with Crippen LogP contribution in [0.3, 0.4) is 0 Å². The van der Waals surface area contributed by atoms with Crippen LogP contribution in [0.2, 0.25) is 5.02 Å². The summed E-state index contributed by atoms with van der Waals surface area (Å²) in [5, 5.41) is 10.0. The number of halogens is 2. The molecule has 2 aliphatic heterocycles. The Morgan fingerprint density at radius 3 is 2.61 bits per heavy atom. The van der Waals surface area contributed by atoms with Gasteiger partial charge in [0.2, 0.25) is 11.9 Å². The predicted octanol–water partition coefficient (Wildman–Crippen LogP) is 3.48. The van der Waals surface area contributed by atoms with Gasteiger partial charge in [-0.05, 0) is 56.4 Å². The Morgan fingerprint density at radius 2 is 1.92 bits per heavy atom. The molecule has 7 rings (SSSR count). The standard InChI is InChI=1S/C27H30ClFN8O/c1-16-20(29)11-30-25(31-16)35-14-26(15-35)9-18(10-26)23-33-32-22-13-36(27(6-7-27)24(38)34(2)3)12-17-8-19(28)4-5-21(17)37(22)23/h4-5,8,11,18H,6-7,9-10,12-15H2,1-3H3. The van der Waals surface area contributed by atoms with Gasteiger partial charge in [0, 0.05) is 50.1 Å². The summed E-state index contributed by atoms with van der Waals surface area (Å²) < 4.78 is 15.8. The molecule has 1 saturated heterocycles. The van der Waals surface area contributed by atoms with Crippen molar-refractivity contribution in [3.05, 3.63) is 58.1 Å². The van der Waals surface area contributed by atoms with Gasteiger partial charge in [-0.1, -0.05) is 11.6 Å². The zero-order valence-corrected chi connectivity index (χ0v) is 22.5. The maximum atomic E-state index is 13.6. The van der Waals surface area contributed by atoms with E-state index in [1.165, 1.54) is 6.20 Å². The number of carbonyl (C=O) groups is 1. The Morgan fingerprint density at radius 1 is 1.16 bits per heavy atom. The molecule has 198 valence electrons. The summed E-state index contributed by atoms with van der Waals surface area (Å²) in [5.41, 5.74) is 2.23. The summed E-state index contributed by atoms with van der Waals surface area (Å²) in [4.78, 5) is 27.7. The third-order valence-electron chi connectivity index (χ3n) is 8.83. The number of carbonyl (C=O) groups excluding carboxylic acids is 1. The molecule has 4 aliphatic rings. The van der Waals surface area contributed by atoms with Crippen molar-refractivity contribution in [3.8, 4) is 5.69 Å². The van der Waals surface area contributed by atoms with Gasteiger partial charge in [0.15, 0.2) is 11.6 Å². The fraction of sp³-hybridized carbons (Fsp3) is 0.519. The number of hydrogen-bond donors (Lipinski definition) is 0. The zero-order valence-electron chi connectivity index (χ0n) is 21.8. The van der Waals surface area contributed by atoms with Crippen LogP contribution in [0.15, 0.2) is 24.4 Å². The molecule has 4 heterocycles. The van der Waals surface area contributed by atoms with E-state index >= 15 is 0 Å². The normalized spacial score (nSPS) is 21.2. The van der Waals surface area contributed by atoms with E-state index in [9.17, 15) is 9.18 Å². The van der Waals surface area contributed by atoms with Crippen molar-refractivity contribution in [1.29, 1.82) is 0 Å². The Balaban J connectivity index is 1.15. The Kier molecular flexibility index (Phi) is 5.17. The molecule has 1 aromatic carbocycles. The van der Waals surface area contributed by atoms with E-state index in [0.717, 1.165) is 61.7 Å². The highest BCUT2D eigenvalue weighted by atomic mass is 35.5. The van der Waals surface area contributed by atoms with Crippen LogP contribution in [0.25, 0.3) is 5.69 Å². The van der Waals surface area contributed by atoms with Crippen LogP contribution in [-0.4, -0.2) is 73.2 Å². The molecular formula is C27H30ClFN8O. The number of amides is 1. The first kappa shape index (κ1) is 24.0. The highest BCUT2D eigenvalue weighted by Gasteiger charge is 2.57. The van der Waals surface area contributed by atoms with Crippen LogP contribution in [0.1, 0.15) is 54.5 Å². The van der Waals surface area contributed by atoms with Crippen LogP contribution in [-0.2, 0) is 17.9 Å². The van der Waals surface area contributed by atoms with Crippen molar-refractivity contribution < 1.29 is 9.18 Å². The first-order valence-corrected chi connectivity index (χ1v) is 13.5. The van der Waals surface area contributed by atoms with Gasteiger partial charge in [0.05, 0.1) is 24.1 Å². The monoisotopic (exact) mass is 536 g/mol. The third-order valence-corrected chi connectivity index (χ3v) is 9.07. The van der Waals surface area contributed by atoms with Gasteiger partial charge in [-0.15, -0.1) is 10.2 Å². The highest BCUT2D eigenvalue weighted by molar-refractivity contribution is 6.30. The summed E-state index contributed by atoms with van der Waals surface area (Å²) in [6.07, 6.45) is 4.97. The molecule has 0 N–H and O–H groups in total. The average molecular weight is 537 g/mol. The lowest BCUT2D eigenvalue weighted by molar-refractivity contribution is -0.136. The molecule has 38 heavy (non-hydrogen) atoms. The van der Waals surface area contributed by atoms with E-state index in [4.69, 9.17) is 16.7 Å². The van der Waals surface area contributed by atoms with E-state index in [1.54, 1.807) is 11.8 Å². The Bertz CT molecular complexity index is 1450. The summed E-state index contributed by atoms with van der Waals surface area (Å²) in [7, 11) is 3.64. The average Bonchev–Trinajstić information content (AvgIpc) is 3.57. The molecule has 2 aromatic heterocycles. The summed E-state index contributed by atoms with van der Waals surface area (Å²) in [5.74, 6) is 2.51. The van der Waals surface area contributed by atoms with Crippen LogP contribution in [0, 0.1) is 18.2 Å². The van der Waals surface area contributed by atoms with Gasteiger partial charge >= 0.3 is 0 Å². The van der Waals surface area contributed by atoms with Crippen molar-refractivity contribution >= 4 is 23.5 Å². The minimum Gasteiger partial charge on any atom is -0.347 e. The van der Waals surface area contributed by atoms with Crippen molar-refractivity contribution in [2.24, 2.45) is 5.41 Å². The Hall–Kier alpha value is -3.11. The van der Waals surface area contributed by atoms with Crippen molar-refractivity contribution in [3.63, 3.8) is 0 Å². The molecule has 3 fully saturated rings. The quantitative estimate of drug-likeness (QED) is 0.505. The lowest BCUT2D eigenvalue weighted by Crippen LogP contribution is -2.62. The minimum atomic E-state index is -0.485. The topological polar surface area (TPSA) is 83.3 Å². The van der Waals surface area contributed by atoms with Gasteiger partial charge in [-0.25, -0.2) is 14.4 Å². The molecule has 1 amide bonds. The van der Waals surface area contributed by atoms with Gasteiger partial charge < -0.3 is 9.80 Å². The number of benzene rings is 1. The van der Waals surface area contributed by atoms with Gasteiger partial charge in [0.25, 0.3) is 0 Å². The van der Waals surface area contributed by atoms with Crippen molar-refractivity contribution in [2.45, 2.75) is 57.2 Å². The predicted molar refractivity (Wildman–Crippen MR) is 140 cm³/mol. The largest absolute Gasteiger partial charge is 0.347 e. The molecule has 3 aromatic rings. The molecule has 2 saturated carbocycles. The lowest BCUT2D eigenvalue weighted by atomic mass is 9.57. The first-order valence-electron chi connectivity index (χ1n) is 13.1. The smallest absolute Gasteiger partial charge is 0.242 e. The minimum absolute atomic E-state index is 0.144. The second-order valence-corrected chi connectivity index (χ2v) is 12.2. The molecule has 0 bridgehead atoms. The number of rotatable bonds is 4. The first-order chi connectivity index (χ1) is 18.2. The van der Waals surface area contributed by atoms with Gasteiger partial charge in [0.1, 0.15) is 11.4 Å². The van der Waals surface area contributed by atoms with Crippen molar-refractivity contribution in [1.82, 2.24) is 34.5 Å². The third kappa shape index (κ3) is 3.56. The van der Waals surface area contributed by atoms with E-state index in [-0.39, 0.29) is 17.1 Å². The fourth-order valence-corrected chi connectivity index (χ4v) is 6.91. The van der Waals surface area contributed by atoms with Gasteiger partial charge in [-0.2, -0.15) is 0 Å². The molecular weight excluding hydrogens is 507 g/mol. The van der Waals surface area contributed by atoms with E-state index < -0.39 is 5.54 Å². The number of anilines is 1. The molecule has 1 spiro atoms. The second-order valence-electron chi connectivity index (χ2n) is 11.7. The van der Waals surface area contributed by atoms with E-state index in [0.29, 0.717) is 35.7 Å². The lowest BCUT2D eigenvalue weighted by Gasteiger charge is -2.58. The maximum absolute atomic E-state index is 13.6. The second kappa shape index (κ2) is 8.19. The van der Waals surface area contributed by atoms with E-state index in [1.807, 2.05) is 26.2 Å². The van der Waals surface area contributed by atoms with Crippen LogP contribution in [0.4, 0.5) is 10.3 Å². The number of likely N-dealkylation sites (N-methyl/N-ethyl adjacent to an activating group) is 1. The number of aromatic nitrogens is 5. The summed E-state index contributed by atoms with van der Waals surface area (Å²) in [6.45, 7) is 4.60. The van der Waals surface area contributed by atoms with E-state index in [2.05, 4.69) is 35.5 Å². The van der Waals surface area contributed by atoms with Crippen LogP contribution < -0.4 is 4.90 Å². The number of nitrogens with zero attached hydrogens (tertiary/aromatic N) is 8. The molecule has 9 nitrogen and oxygen atoms in total. The number of fused-ring (bicyclic) bond motifs is 3. The van der Waals surface area contributed by atoms with Gasteiger partial charge in [-0.3, -0.25) is 14.3 Å². The van der Waals surface area contributed by atoms with Crippen LogP contribution in [0.5, 0.6) is 0 Å². The number of hydrogen-bond acceptors (Lipinski definition) is 7. The SMILES string of the molecule is Cc1nc(N2CC3(CC(c4nnc5n4-c4ccc(Cl)cc4CN(C4(C(=O)N(C)C)CC4)C5)C3)C2)ncc1F. The highest BCUT2D eigenvalue weighted by Crippen LogP contribution is 2.56. The number of aryl methyl sites for hydroxylation is 1. The van der Waals surface area contributed by atoms with Crippen molar-refractivity contribution in [2.75, 3.05) is 32.1 Å². The molecule has 2 aliphatic carbocycles. The molecule has 0 unspecified atom stereocenters.